The number of hydrogen-bond acceptors (Lipinski definition) is 4. The predicted octanol–water partition coefficient (Wildman–Crippen LogP) is 3.41. The Morgan fingerprint density at radius 1 is 1.23 bits per heavy atom. The van der Waals surface area contributed by atoms with Crippen LogP contribution in [0.4, 0.5) is 0 Å². The van der Waals surface area contributed by atoms with Gasteiger partial charge in [-0.15, -0.1) is 0 Å². The Hall–Kier alpha value is -2.70. The second-order valence-electron chi connectivity index (χ2n) is 8.38. The molecule has 1 unspecified atom stereocenters. The molecule has 7 nitrogen and oxygen atoms in total. The van der Waals surface area contributed by atoms with Crippen LogP contribution in [-0.4, -0.2) is 39.4 Å². The topological polar surface area (TPSA) is 84.3 Å². The zero-order chi connectivity index (χ0) is 22.4. The number of nitrogens with one attached hydrogen (secondary N) is 1. The Balaban J connectivity index is 1.98. The molecule has 1 aliphatic carbocycles. The van der Waals surface area contributed by atoms with Gasteiger partial charge in [-0.05, 0) is 44.7 Å². The van der Waals surface area contributed by atoms with Gasteiger partial charge in [-0.3, -0.25) is 19.0 Å². The fourth-order valence-electron chi connectivity index (χ4n) is 4.05. The second-order valence-corrected chi connectivity index (χ2v) is 8.38. The number of fused-ring (bicyclic) bond motifs is 1. The first-order valence-corrected chi connectivity index (χ1v) is 11.5. The molecule has 1 heterocycles. The Morgan fingerprint density at radius 3 is 2.61 bits per heavy atom. The zero-order valence-corrected chi connectivity index (χ0v) is 18.9. The highest BCUT2D eigenvalue weighted by Crippen LogP contribution is 2.31. The fraction of sp³-hybridized carbons (Fsp3) is 0.583. The third-order valence-corrected chi connectivity index (χ3v) is 6.07. The van der Waals surface area contributed by atoms with Crippen LogP contribution in [0.15, 0.2) is 29.1 Å². The van der Waals surface area contributed by atoms with Crippen LogP contribution in [0.2, 0.25) is 0 Å². The van der Waals surface area contributed by atoms with Crippen LogP contribution in [0.25, 0.3) is 10.9 Å². The van der Waals surface area contributed by atoms with E-state index in [0.717, 1.165) is 32.1 Å². The van der Waals surface area contributed by atoms with Gasteiger partial charge in [0.15, 0.2) is 0 Å². The molecule has 1 aromatic heterocycles. The maximum absolute atomic E-state index is 13.3. The van der Waals surface area contributed by atoms with Crippen molar-refractivity contribution in [2.75, 3.05) is 13.1 Å². The van der Waals surface area contributed by atoms with Crippen LogP contribution in [0, 0.1) is 5.92 Å². The van der Waals surface area contributed by atoms with Crippen molar-refractivity contribution in [1.82, 2.24) is 19.8 Å². The van der Waals surface area contributed by atoms with E-state index in [9.17, 15) is 14.4 Å². The lowest BCUT2D eigenvalue weighted by atomic mass is 9.84. The zero-order valence-electron chi connectivity index (χ0n) is 18.9. The summed E-state index contributed by atoms with van der Waals surface area (Å²) in [7, 11) is 0. The van der Waals surface area contributed by atoms with Gasteiger partial charge in [0.1, 0.15) is 5.82 Å². The number of carbonyl (C=O) groups is 2. The van der Waals surface area contributed by atoms with Crippen LogP contribution in [0.1, 0.15) is 71.2 Å². The van der Waals surface area contributed by atoms with Crippen LogP contribution < -0.4 is 10.9 Å². The lowest BCUT2D eigenvalue weighted by molar-refractivity contribution is -0.140. The molecule has 0 aliphatic heterocycles. The van der Waals surface area contributed by atoms with E-state index in [0.29, 0.717) is 29.8 Å². The third kappa shape index (κ3) is 5.14. The molecule has 1 atom stereocenters. The summed E-state index contributed by atoms with van der Waals surface area (Å²) in [5.41, 5.74) is 0.455. The van der Waals surface area contributed by atoms with Crippen LogP contribution in [0.3, 0.4) is 0 Å². The average Bonchev–Trinajstić information content (AvgIpc) is 2.73. The van der Waals surface area contributed by atoms with Gasteiger partial charge in [0.2, 0.25) is 11.8 Å². The number of para-hydroxylation sites is 1. The summed E-state index contributed by atoms with van der Waals surface area (Å²) in [6.45, 7) is 7.47. The van der Waals surface area contributed by atoms with Crippen molar-refractivity contribution in [3.05, 3.63) is 40.4 Å². The van der Waals surface area contributed by atoms with Crippen molar-refractivity contribution in [2.45, 2.75) is 71.9 Å². The number of benzene rings is 1. The molecule has 0 spiro atoms. The molecule has 3 rings (SSSR count). The van der Waals surface area contributed by atoms with Crippen molar-refractivity contribution in [3.8, 4) is 0 Å². The number of amides is 2. The molecular formula is C24H34N4O3. The highest BCUT2D eigenvalue weighted by atomic mass is 16.2. The summed E-state index contributed by atoms with van der Waals surface area (Å²) in [4.78, 5) is 45.3. The van der Waals surface area contributed by atoms with Crippen molar-refractivity contribution >= 4 is 22.7 Å². The van der Waals surface area contributed by atoms with E-state index in [-0.39, 0.29) is 42.3 Å². The first kappa shape index (κ1) is 23.0. The smallest absolute Gasteiger partial charge is 0.261 e. The Morgan fingerprint density at radius 2 is 1.97 bits per heavy atom. The Bertz CT molecular complexity index is 980. The maximum Gasteiger partial charge on any atom is 0.261 e. The van der Waals surface area contributed by atoms with Gasteiger partial charge in [-0.1, -0.05) is 32.4 Å². The number of rotatable bonds is 10. The average molecular weight is 427 g/mol. The molecule has 0 radical (unpaired) electrons. The number of nitrogens with zero attached hydrogens (tertiary/aromatic N) is 3. The SMILES string of the molecule is CCCNC(=O)CCn1c(C(C)N(CCC)C(=O)C2CCC2)nc2ccccc2c1=O. The lowest BCUT2D eigenvalue weighted by Crippen LogP contribution is -2.43. The van der Waals surface area contributed by atoms with Crippen molar-refractivity contribution in [3.63, 3.8) is 0 Å². The molecule has 2 amide bonds. The second kappa shape index (κ2) is 10.6. The summed E-state index contributed by atoms with van der Waals surface area (Å²) >= 11 is 0. The highest BCUT2D eigenvalue weighted by Gasteiger charge is 2.33. The molecule has 1 fully saturated rings. The molecule has 31 heavy (non-hydrogen) atoms. The van der Waals surface area contributed by atoms with Gasteiger partial charge >= 0.3 is 0 Å². The van der Waals surface area contributed by atoms with Crippen molar-refractivity contribution in [2.24, 2.45) is 5.92 Å². The monoisotopic (exact) mass is 426 g/mol. The molecular weight excluding hydrogens is 392 g/mol. The molecule has 0 bridgehead atoms. The van der Waals surface area contributed by atoms with Crippen molar-refractivity contribution in [1.29, 1.82) is 0 Å². The summed E-state index contributed by atoms with van der Waals surface area (Å²) in [5, 5.41) is 3.39. The Kier molecular flexibility index (Phi) is 7.82. The van der Waals surface area contributed by atoms with E-state index in [1.165, 1.54) is 0 Å². The first-order valence-electron chi connectivity index (χ1n) is 11.5. The van der Waals surface area contributed by atoms with E-state index in [4.69, 9.17) is 4.98 Å². The molecule has 168 valence electrons. The van der Waals surface area contributed by atoms with Crippen LogP contribution >= 0.6 is 0 Å². The van der Waals surface area contributed by atoms with Crippen LogP contribution in [-0.2, 0) is 16.1 Å². The van der Waals surface area contributed by atoms with E-state index in [2.05, 4.69) is 5.32 Å². The minimum Gasteiger partial charge on any atom is -0.356 e. The molecule has 1 saturated carbocycles. The summed E-state index contributed by atoms with van der Waals surface area (Å²) < 4.78 is 1.59. The first-order chi connectivity index (χ1) is 15.0. The van der Waals surface area contributed by atoms with Gasteiger partial charge < -0.3 is 10.2 Å². The quantitative estimate of drug-likeness (QED) is 0.631. The minimum atomic E-state index is -0.343. The minimum absolute atomic E-state index is 0.0782. The fourth-order valence-corrected chi connectivity index (χ4v) is 4.05. The van der Waals surface area contributed by atoms with Crippen molar-refractivity contribution < 1.29 is 9.59 Å². The molecule has 7 heteroatoms. The van der Waals surface area contributed by atoms with Gasteiger partial charge in [-0.2, -0.15) is 0 Å². The summed E-state index contributed by atoms with van der Waals surface area (Å²) in [6, 6.07) is 6.91. The normalized spacial score (nSPS) is 14.8. The Labute approximate surface area is 183 Å². The van der Waals surface area contributed by atoms with Gasteiger partial charge in [-0.25, -0.2) is 4.98 Å². The summed E-state index contributed by atoms with van der Waals surface area (Å²) in [6.07, 6.45) is 4.85. The standard InChI is InChI=1S/C24H34N4O3/c1-4-14-25-21(29)13-16-28-22(26-20-12-7-6-11-19(20)24(28)31)17(3)27(15-5-2)23(30)18-9-8-10-18/h6-7,11-12,17-18H,4-5,8-10,13-16H2,1-3H3,(H,25,29). The van der Waals surface area contributed by atoms with E-state index >= 15 is 0 Å². The molecule has 1 aliphatic rings. The number of aromatic nitrogens is 2. The maximum atomic E-state index is 13.3. The number of hydrogen-bond donors (Lipinski definition) is 1. The lowest BCUT2D eigenvalue weighted by Gasteiger charge is -2.35. The molecule has 2 aromatic rings. The van der Waals surface area contributed by atoms with E-state index < -0.39 is 0 Å². The van der Waals surface area contributed by atoms with E-state index in [1.807, 2.05) is 43.9 Å². The predicted molar refractivity (Wildman–Crippen MR) is 122 cm³/mol. The van der Waals surface area contributed by atoms with E-state index in [1.54, 1.807) is 10.6 Å². The van der Waals surface area contributed by atoms with Gasteiger partial charge in [0.05, 0.1) is 16.9 Å². The largest absolute Gasteiger partial charge is 0.356 e. The van der Waals surface area contributed by atoms with Gasteiger partial charge in [0, 0.05) is 32.0 Å². The molecule has 1 aromatic carbocycles. The van der Waals surface area contributed by atoms with Crippen LogP contribution in [0.5, 0.6) is 0 Å². The molecule has 0 saturated heterocycles. The molecule has 1 N–H and O–H groups in total. The third-order valence-electron chi connectivity index (χ3n) is 6.07. The summed E-state index contributed by atoms with van der Waals surface area (Å²) in [5.74, 6) is 0.689. The highest BCUT2D eigenvalue weighted by molar-refractivity contribution is 5.80. The van der Waals surface area contributed by atoms with Gasteiger partial charge in [0.25, 0.3) is 5.56 Å². The number of carbonyl (C=O) groups excluding carboxylic acids is 2.